The van der Waals surface area contributed by atoms with E-state index in [-0.39, 0.29) is 0 Å². The number of benzene rings is 1. The van der Waals surface area contributed by atoms with Crippen LogP contribution in [0.4, 0.5) is 22.0 Å². The summed E-state index contributed by atoms with van der Waals surface area (Å²) in [5.74, 6) is -4.77. The topological polar surface area (TPSA) is 43.1 Å². The minimum absolute atomic E-state index is 0.402. The molecule has 0 aliphatic heterocycles. The van der Waals surface area contributed by atoms with Crippen LogP contribution in [0.1, 0.15) is 17.3 Å². The summed E-state index contributed by atoms with van der Waals surface area (Å²) in [6.07, 6.45) is -5.05. The van der Waals surface area contributed by atoms with E-state index in [0.29, 0.717) is 13.0 Å². The van der Waals surface area contributed by atoms with Gasteiger partial charge in [-0.1, -0.05) is 6.07 Å². The van der Waals surface area contributed by atoms with Gasteiger partial charge in [-0.3, -0.25) is 4.79 Å². The maximum atomic E-state index is 13.2. The molecule has 1 atom stereocenters. The molecule has 7 heteroatoms. The summed E-state index contributed by atoms with van der Waals surface area (Å²) in [7, 11) is 0. The molecule has 0 aliphatic carbocycles. The monoisotopic (exact) mass is 253 g/mol. The fraction of sp³-hybridized carbons (Fsp3) is 0.300. The van der Waals surface area contributed by atoms with Crippen molar-refractivity contribution in [1.29, 1.82) is 0 Å². The zero-order valence-electron chi connectivity index (χ0n) is 8.61. The molecule has 17 heavy (non-hydrogen) atoms. The Labute approximate surface area is 93.2 Å². The highest BCUT2D eigenvalue weighted by atomic mass is 19.4. The number of alkyl halides is 3. The lowest BCUT2D eigenvalue weighted by atomic mass is 9.91. The molecule has 2 N–H and O–H groups in total. The summed E-state index contributed by atoms with van der Waals surface area (Å²) >= 11 is 0. The molecular weight excluding hydrogens is 245 g/mol. The zero-order chi connectivity index (χ0) is 13.4. The largest absolute Gasteiger partial charge is 0.413 e. The molecule has 0 fully saturated rings. The molecular formula is C10H8F5NO. The minimum atomic E-state index is -5.05. The Morgan fingerprint density at radius 2 is 1.76 bits per heavy atom. The number of hydrogen-bond acceptors (Lipinski definition) is 2. The van der Waals surface area contributed by atoms with Gasteiger partial charge in [0.15, 0.2) is 23.0 Å². The van der Waals surface area contributed by atoms with E-state index in [1.54, 1.807) is 0 Å². The molecule has 0 aromatic heterocycles. The van der Waals surface area contributed by atoms with Gasteiger partial charge < -0.3 is 5.73 Å². The van der Waals surface area contributed by atoms with Gasteiger partial charge in [0, 0.05) is 0 Å². The second kappa shape index (κ2) is 4.06. The van der Waals surface area contributed by atoms with Crippen molar-refractivity contribution >= 4 is 5.78 Å². The average Bonchev–Trinajstić information content (AvgIpc) is 2.19. The molecule has 0 amide bonds. The number of nitrogens with two attached hydrogens (primary N) is 1. The lowest BCUT2D eigenvalue weighted by Gasteiger charge is -2.26. The maximum absolute atomic E-state index is 13.2. The quantitative estimate of drug-likeness (QED) is 0.649. The number of halogens is 5. The molecule has 0 heterocycles. The lowest BCUT2D eigenvalue weighted by molar-refractivity contribution is -0.165. The number of Topliss-reactive ketones (excluding diaryl/α,β-unsaturated/α-hetero) is 1. The normalized spacial score (nSPS) is 15.5. The second-order valence-electron chi connectivity index (χ2n) is 3.63. The first kappa shape index (κ1) is 13.6. The van der Waals surface area contributed by atoms with Gasteiger partial charge in [-0.25, -0.2) is 8.78 Å². The van der Waals surface area contributed by atoms with E-state index in [1.807, 2.05) is 0 Å². The fourth-order valence-corrected chi connectivity index (χ4v) is 1.09. The summed E-state index contributed by atoms with van der Waals surface area (Å²) < 4.78 is 63.2. The van der Waals surface area contributed by atoms with Gasteiger partial charge in [0.2, 0.25) is 0 Å². The van der Waals surface area contributed by atoms with Crippen molar-refractivity contribution in [2.24, 2.45) is 5.73 Å². The van der Waals surface area contributed by atoms with E-state index >= 15 is 0 Å². The summed E-state index contributed by atoms with van der Waals surface area (Å²) in [5, 5.41) is 0. The molecule has 1 unspecified atom stereocenters. The molecule has 1 rings (SSSR count). The van der Waals surface area contributed by atoms with E-state index in [4.69, 9.17) is 5.73 Å². The highest BCUT2D eigenvalue weighted by molar-refractivity contribution is 6.03. The number of carbonyl (C=O) groups is 1. The third-order valence-electron chi connectivity index (χ3n) is 2.26. The smallest absolute Gasteiger partial charge is 0.311 e. The third-order valence-corrected chi connectivity index (χ3v) is 2.26. The van der Waals surface area contributed by atoms with Crippen molar-refractivity contribution in [3.8, 4) is 0 Å². The molecule has 0 radical (unpaired) electrons. The standard InChI is InChI=1S/C10H8F5NO/c1-9(16,10(13,14)15)8(17)5-3-2-4-6(11)7(5)12/h2-4H,16H2,1H3. The Morgan fingerprint density at radius 3 is 2.24 bits per heavy atom. The van der Waals surface area contributed by atoms with Crippen LogP contribution in [-0.4, -0.2) is 17.5 Å². The average molecular weight is 253 g/mol. The van der Waals surface area contributed by atoms with Crippen LogP contribution in [0, 0.1) is 11.6 Å². The minimum Gasteiger partial charge on any atom is -0.311 e. The first-order chi connectivity index (χ1) is 7.59. The number of rotatable bonds is 2. The highest BCUT2D eigenvalue weighted by Crippen LogP contribution is 2.31. The van der Waals surface area contributed by atoms with E-state index in [9.17, 15) is 26.7 Å². The van der Waals surface area contributed by atoms with Gasteiger partial charge in [-0.05, 0) is 19.1 Å². The van der Waals surface area contributed by atoms with Gasteiger partial charge in [0.1, 0.15) is 0 Å². The summed E-state index contributed by atoms with van der Waals surface area (Å²) in [6.45, 7) is 0.402. The van der Waals surface area contributed by atoms with Crippen molar-refractivity contribution in [3.63, 3.8) is 0 Å². The third kappa shape index (κ3) is 2.28. The Balaban J connectivity index is 3.27. The summed E-state index contributed by atoms with van der Waals surface area (Å²) in [6, 6.07) is 2.36. The van der Waals surface area contributed by atoms with Crippen LogP contribution in [0.3, 0.4) is 0 Å². The molecule has 0 spiro atoms. The van der Waals surface area contributed by atoms with Crippen molar-refractivity contribution in [2.75, 3.05) is 0 Å². The van der Waals surface area contributed by atoms with Crippen LogP contribution in [0.2, 0.25) is 0 Å². The first-order valence-electron chi connectivity index (χ1n) is 4.43. The first-order valence-corrected chi connectivity index (χ1v) is 4.43. The molecule has 1 aromatic carbocycles. The van der Waals surface area contributed by atoms with Crippen LogP contribution in [0.25, 0.3) is 0 Å². The Kier molecular flexibility index (Phi) is 3.24. The van der Waals surface area contributed by atoms with Gasteiger partial charge in [0.25, 0.3) is 0 Å². The van der Waals surface area contributed by atoms with Crippen molar-refractivity contribution in [3.05, 3.63) is 35.4 Å². The number of hydrogen-bond donors (Lipinski definition) is 1. The number of carbonyl (C=O) groups excluding carboxylic acids is 1. The Hall–Kier alpha value is -1.50. The van der Waals surface area contributed by atoms with E-state index in [0.717, 1.165) is 12.1 Å². The van der Waals surface area contributed by atoms with Gasteiger partial charge >= 0.3 is 6.18 Å². The molecule has 0 saturated carbocycles. The summed E-state index contributed by atoms with van der Waals surface area (Å²) in [5.41, 5.74) is 0.541. The van der Waals surface area contributed by atoms with E-state index < -0.39 is 34.7 Å². The molecule has 94 valence electrons. The molecule has 1 aromatic rings. The van der Waals surface area contributed by atoms with Gasteiger partial charge in [0.05, 0.1) is 5.56 Å². The van der Waals surface area contributed by atoms with Crippen LogP contribution in [0.15, 0.2) is 18.2 Å². The van der Waals surface area contributed by atoms with Gasteiger partial charge in [-0.15, -0.1) is 0 Å². The lowest BCUT2D eigenvalue weighted by Crippen LogP contribution is -2.57. The maximum Gasteiger partial charge on any atom is 0.413 e. The van der Waals surface area contributed by atoms with Crippen molar-refractivity contribution in [2.45, 2.75) is 18.6 Å². The fourth-order valence-electron chi connectivity index (χ4n) is 1.09. The summed E-state index contributed by atoms with van der Waals surface area (Å²) in [4.78, 5) is 11.4. The van der Waals surface area contributed by atoms with E-state index in [2.05, 4.69) is 0 Å². The second-order valence-corrected chi connectivity index (χ2v) is 3.63. The Morgan fingerprint density at radius 1 is 1.24 bits per heavy atom. The van der Waals surface area contributed by atoms with Crippen LogP contribution >= 0.6 is 0 Å². The van der Waals surface area contributed by atoms with Crippen molar-refractivity contribution in [1.82, 2.24) is 0 Å². The number of ketones is 1. The SMILES string of the molecule is CC(N)(C(=O)c1cccc(F)c1F)C(F)(F)F. The molecule has 2 nitrogen and oxygen atoms in total. The zero-order valence-corrected chi connectivity index (χ0v) is 8.61. The molecule has 0 bridgehead atoms. The Bertz CT molecular complexity index is 452. The predicted molar refractivity (Wildman–Crippen MR) is 49.3 cm³/mol. The highest BCUT2D eigenvalue weighted by Gasteiger charge is 2.54. The predicted octanol–water partition coefficient (Wildman–Crippen LogP) is 2.43. The van der Waals surface area contributed by atoms with E-state index in [1.165, 1.54) is 0 Å². The van der Waals surface area contributed by atoms with Crippen LogP contribution in [-0.2, 0) is 0 Å². The van der Waals surface area contributed by atoms with Crippen molar-refractivity contribution < 1.29 is 26.7 Å². The van der Waals surface area contributed by atoms with Gasteiger partial charge in [-0.2, -0.15) is 13.2 Å². The van der Waals surface area contributed by atoms with Crippen LogP contribution in [0.5, 0.6) is 0 Å². The molecule has 0 aliphatic rings. The van der Waals surface area contributed by atoms with Crippen LogP contribution < -0.4 is 5.73 Å². The molecule has 0 saturated heterocycles.